The second-order valence-corrected chi connectivity index (χ2v) is 12.0. The molecule has 4 bridgehead atoms. The van der Waals surface area contributed by atoms with Crippen LogP contribution in [0.2, 0.25) is 0 Å². The minimum absolute atomic E-state index is 0.00186. The average Bonchev–Trinajstić information content (AvgIpc) is 3.13. The molecule has 6 fully saturated rings. The average molecular weight is 491 g/mol. The van der Waals surface area contributed by atoms with Crippen LogP contribution in [0.25, 0.3) is 0 Å². The van der Waals surface area contributed by atoms with Gasteiger partial charge in [-0.2, -0.15) is 0 Å². The van der Waals surface area contributed by atoms with Crippen molar-refractivity contribution in [2.75, 3.05) is 37.7 Å². The van der Waals surface area contributed by atoms with Gasteiger partial charge in [-0.05, 0) is 81.3 Å². The molecule has 0 radical (unpaired) electrons. The van der Waals surface area contributed by atoms with E-state index in [-0.39, 0.29) is 23.8 Å². The lowest BCUT2D eigenvalue weighted by atomic mass is 9.49. The maximum atomic E-state index is 14.0. The van der Waals surface area contributed by atoms with Gasteiger partial charge in [0, 0.05) is 25.3 Å². The molecule has 4 saturated carbocycles. The standard InChI is InChI=1S/C29H38N4O3/c1-2-10-30-25(34)19-32-20-33(24-6-4-3-5-7-24)29(27(32)36)8-11-31(12-9-29)26(35)28-16-21-13-22(17-28)15-23(14-21)18-28/h2-7,21-23H,1,8-20H2,(H,30,34). The van der Waals surface area contributed by atoms with Crippen molar-refractivity contribution in [3.8, 4) is 0 Å². The molecule has 2 heterocycles. The zero-order valence-electron chi connectivity index (χ0n) is 21.2. The van der Waals surface area contributed by atoms with Crippen molar-refractivity contribution >= 4 is 23.4 Å². The van der Waals surface area contributed by atoms with Crippen LogP contribution < -0.4 is 10.2 Å². The van der Waals surface area contributed by atoms with Crippen LogP contribution in [0.15, 0.2) is 43.0 Å². The maximum Gasteiger partial charge on any atom is 0.250 e. The van der Waals surface area contributed by atoms with Gasteiger partial charge in [0.15, 0.2) is 0 Å². The first kappa shape index (κ1) is 23.6. The summed E-state index contributed by atoms with van der Waals surface area (Å²) in [6.45, 7) is 5.65. The number of likely N-dealkylation sites (tertiary alicyclic amines) is 1. The largest absolute Gasteiger partial charge is 0.351 e. The maximum absolute atomic E-state index is 14.0. The number of piperidine rings is 1. The van der Waals surface area contributed by atoms with Crippen molar-refractivity contribution in [2.45, 2.75) is 56.9 Å². The summed E-state index contributed by atoms with van der Waals surface area (Å²) in [5.41, 5.74) is 0.131. The van der Waals surface area contributed by atoms with Gasteiger partial charge in [0.2, 0.25) is 11.8 Å². The second kappa shape index (κ2) is 8.93. The molecule has 2 aliphatic heterocycles. The van der Waals surface area contributed by atoms with Crippen molar-refractivity contribution in [1.82, 2.24) is 15.1 Å². The molecule has 2 saturated heterocycles. The Bertz CT molecular complexity index is 1010. The van der Waals surface area contributed by atoms with Crippen molar-refractivity contribution in [3.05, 3.63) is 43.0 Å². The van der Waals surface area contributed by atoms with Gasteiger partial charge >= 0.3 is 0 Å². The first-order chi connectivity index (χ1) is 17.4. The summed E-state index contributed by atoms with van der Waals surface area (Å²) in [5.74, 6) is 2.39. The number of carbonyl (C=O) groups is 3. The number of rotatable bonds is 6. The number of hydrogen-bond acceptors (Lipinski definition) is 4. The Labute approximate surface area is 213 Å². The fourth-order valence-electron chi connectivity index (χ4n) is 8.53. The molecule has 0 aromatic heterocycles. The molecule has 4 aliphatic carbocycles. The Kier molecular flexibility index (Phi) is 5.84. The number of para-hydroxylation sites is 1. The Hall–Kier alpha value is -2.83. The number of amides is 3. The van der Waals surface area contributed by atoms with Crippen LogP contribution in [0, 0.1) is 23.2 Å². The summed E-state index contributed by atoms with van der Waals surface area (Å²) >= 11 is 0. The highest BCUT2D eigenvalue weighted by atomic mass is 16.2. The molecular weight excluding hydrogens is 452 g/mol. The SMILES string of the molecule is C=CCNC(=O)CN1CN(c2ccccc2)C2(CCN(C(=O)C34CC5CC(CC(C5)C3)C4)CC2)C1=O. The number of benzene rings is 1. The Morgan fingerprint density at radius 3 is 2.19 bits per heavy atom. The van der Waals surface area contributed by atoms with E-state index < -0.39 is 5.54 Å². The molecule has 36 heavy (non-hydrogen) atoms. The Morgan fingerprint density at radius 1 is 1.00 bits per heavy atom. The highest BCUT2D eigenvalue weighted by Crippen LogP contribution is 2.60. The minimum Gasteiger partial charge on any atom is -0.351 e. The first-order valence-electron chi connectivity index (χ1n) is 13.7. The van der Waals surface area contributed by atoms with E-state index in [4.69, 9.17) is 0 Å². The van der Waals surface area contributed by atoms with Crippen LogP contribution in [0.4, 0.5) is 5.69 Å². The number of hydrogen-bond donors (Lipinski definition) is 1. The smallest absolute Gasteiger partial charge is 0.250 e. The topological polar surface area (TPSA) is 73.0 Å². The first-order valence-corrected chi connectivity index (χ1v) is 13.7. The molecule has 1 aromatic rings. The zero-order valence-corrected chi connectivity index (χ0v) is 21.2. The molecule has 0 unspecified atom stereocenters. The fraction of sp³-hybridized carbons (Fsp3) is 0.621. The van der Waals surface area contributed by atoms with Crippen LogP contribution in [-0.4, -0.2) is 65.9 Å². The lowest BCUT2D eigenvalue weighted by Crippen LogP contribution is -2.61. The van der Waals surface area contributed by atoms with Gasteiger partial charge in [0.1, 0.15) is 12.1 Å². The van der Waals surface area contributed by atoms with Crippen LogP contribution in [0.3, 0.4) is 0 Å². The highest BCUT2D eigenvalue weighted by Gasteiger charge is 2.58. The van der Waals surface area contributed by atoms with E-state index in [9.17, 15) is 14.4 Å². The molecule has 0 atom stereocenters. The van der Waals surface area contributed by atoms with Crippen LogP contribution >= 0.6 is 0 Å². The van der Waals surface area contributed by atoms with E-state index in [0.717, 1.165) is 42.7 Å². The third kappa shape index (κ3) is 3.82. The predicted molar refractivity (Wildman–Crippen MR) is 138 cm³/mol. The van der Waals surface area contributed by atoms with Crippen LogP contribution in [0.1, 0.15) is 51.4 Å². The quantitative estimate of drug-likeness (QED) is 0.622. The number of nitrogens with one attached hydrogen (secondary N) is 1. The molecule has 192 valence electrons. The van der Waals surface area contributed by atoms with E-state index in [1.165, 1.54) is 19.3 Å². The lowest BCUT2D eigenvalue weighted by Gasteiger charge is -2.57. The number of carbonyl (C=O) groups excluding carboxylic acids is 3. The Balaban J connectivity index is 1.20. The molecule has 1 N–H and O–H groups in total. The van der Waals surface area contributed by atoms with Gasteiger partial charge in [-0.3, -0.25) is 14.4 Å². The van der Waals surface area contributed by atoms with Gasteiger partial charge in [-0.25, -0.2) is 0 Å². The summed E-state index contributed by atoms with van der Waals surface area (Å²) in [4.78, 5) is 46.2. The number of anilines is 1. The molecule has 1 aromatic carbocycles. The van der Waals surface area contributed by atoms with E-state index in [2.05, 4.69) is 21.7 Å². The summed E-state index contributed by atoms with van der Waals surface area (Å²) in [6, 6.07) is 10.0. The minimum atomic E-state index is -0.710. The molecule has 7 nitrogen and oxygen atoms in total. The molecule has 7 heteroatoms. The molecule has 6 aliphatic rings. The van der Waals surface area contributed by atoms with E-state index in [1.54, 1.807) is 11.0 Å². The van der Waals surface area contributed by atoms with Gasteiger partial charge < -0.3 is 20.0 Å². The van der Waals surface area contributed by atoms with E-state index >= 15 is 0 Å². The van der Waals surface area contributed by atoms with E-state index in [0.29, 0.717) is 45.1 Å². The zero-order chi connectivity index (χ0) is 24.9. The third-order valence-corrected chi connectivity index (χ3v) is 9.73. The lowest BCUT2D eigenvalue weighted by molar-refractivity contribution is -0.160. The Morgan fingerprint density at radius 2 is 1.61 bits per heavy atom. The van der Waals surface area contributed by atoms with Gasteiger partial charge in [0.25, 0.3) is 5.91 Å². The number of nitrogens with zero attached hydrogens (tertiary/aromatic N) is 3. The summed E-state index contributed by atoms with van der Waals surface area (Å²) in [5, 5.41) is 2.79. The molecule has 7 rings (SSSR count). The molecular formula is C29H38N4O3. The van der Waals surface area contributed by atoms with Gasteiger partial charge in [0.05, 0.1) is 12.1 Å². The third-order valence-electron chi connectivity index (χ3n) is 9.73. The van der Waals surface area contributed by atoms with Gasteiger partial charge in [-0.1, -0.05) is 24.3 Å². The monoisotopic (exact) mass is 490 g/mol. The predicted octanol–water partition coefficient (Wildman–Crippen LogP) is 3.17. The normalized spacial score (nSPS) is 32.3. The van der Waals surface area contributed by atoms with Gasteiger partial charge in [-0.15, -0.1) is 6.58 Å². The summed E-state index contributed by atoms with van der Waals surface area (Å²) < 4.78 is 0. The van der Waals surface area contributed by atoms with Crippen LogP contribution in [0.5, 0.6) is 0 Å². The fourth-order valence-corrected chi connectivity index (χ4v) is 8.53. The summed E-state index contributed by atoms with van der Waals surface area (Å²) in [7, 11) is 0. The van der Waals surface area contributed by atoms with Crippen molar-refractivity contribution in [1.29, 1.82) is 0 Å². The summed E-state index contributed by atoms with van der Waals surface area (Å²) in [6.07, 6.45) is 10.0. The molecule has 3 amide bonds. The highest BCUT2D eigenvalue weighted by molar-refractivity contribution is 5.96. The van der Waals surface area contributed by atoms with Crippen molar-refractivity contribution in [3.63, 3.8) is 0 Å². The van der Waals surface area contributed by atoms with E-state index in [1.807, 2.05) is 30.3 Å². The van der Waals surface area contributed by atoms with Crippen LogP contribution in [-0.2, 0) is 14.4 Å². The van der Waals surface area contributed by atoms with Crippen molar-refractivity contribution < 1.29 is 14.4 Å². The van der Waals surface area contributed by atoms with Crippen molar-refractivity contribution in [2.24, 2.45) is 23.2 Å². The molecule has 1 spiro atoms. The second-order valence-electron chi connectivity index (χ2n) is 12.0.